The number of carboxylic acids is 1. The Balaban J connectivity index is 1.60. The van der Waals surface area contributed by atoms with Gasteiger partial charge in [0.1, 0.15) is 0 Å². The number of carboxylic acid groups (broad SMARTS) is 1. The molecule has 128 valence electrons. The van der Waals surface area contributed by atoms with Crippen molar-refractivity contribution < 1.29 is 14.7 Å². The van der Waals surface area contributed by atoms with Gasteiger partial charge in [-0.25, -0.2) is 0 Å². The average Bonchev–Trinajstić information content (AvgIpc) is 2.92. The molecule has 0 bridgehead atoms. The van der Waals surface area contributed by atoms with E-state index in [0.717, 1.165) is 25.7 Å². The molecule has 4 heteroatoms. The molecule has 7 unspecified atom stereocenters. The fourth-order valence-corrected chi connectivity index (χ4v) is 7.15. The van der Waals surface area contributed by atoms with E-state index >= 15 is 0 Å². The smallest absolute Gasteiger partial charge is 0.306 e. The molecule has 4 fully saturated rings. The highest BCUT2D eigenvalue weighted by Gasteiger charge is 2.56. The lowest BCUT2D eigenvalue weighted by Crippen LogP contribution is -2.57. The van der Waals surface area contributed by atoms with Gasteiger partial charge in [0.2, 0.25) is 5.91 Å². The van der Waals surface area contributed by atoms with E-state index in [2.05, 4.69) is 19.2 Å². The van der Waals surface area contributed by atoms with Crippen molar-refractivity contribution in [1.29, 1.82) is 0 Å². The van der Waals surface area contributed by atoms with Gasteiger partial charge >= 0.3 is 5.97 Å². The standard InChI is InChI=1S/C19H29NO3/c1-9-7-14-11(12-3-4-13(17(9)12)19(22)23)5-6-15-18(14)10(2)8-16(21)20-15/h9-15,17-18H,3-8H2,1-2H3,(H,20,21)(H,22,23)/t9-,10-,11?,12?,13?,14?,15?,17?,18?/m0/s1. The summed E-state index contributed by atoms with van der Waals surface area (Å²) in [5.41, 5.74) is 0. The van der Waals surface area contributed by atoms with Crippen LogP contribution in [0, 0.1) is 47.3 Å². The lowest BCUT2D eigenvalue weighted by molar-refractivity contribution is -0.147. The first kappa shape index (κ1) is 15.5. The summed E-state index contributed by atoms with van der Waals surface area (Å²) in [6.45, 7) is 4.54. The molecular weight excluding hydrogens is 290 g/mol. The van der Waals surface area contributed by atoms with Crippen molar-refractivity contribution in [1.82, 2.24) is 5.32 Å². The number of carbonyl (C=O) groups is 2. The zero-order valence-electron chi connectivity index (χ0n) is 14.2. The molecule has 3 saturated carbocycles. The summed E-state index contributed by atoms with van der Waals surface area (Å²) in [7, 11) is 0. The van der Waals surface area contributed by atoms with Gasteiger partial charge in [-0.05, 0) is 73.5 Å². The van der Waals surface area contributed by atoms with E-state index in [4.69, 9.17) is 0 Å². The minimum absolute atomic E-state index is 0.114. The van der Waals surface area contributed by atoms with Crippen LogP contribution in [-0.4, -0.2) is 23.0 Å². The second-order valence-electron chi connectivity index (χ2n) is 8.81. The topological polar surface area (TPSA) is 66.4 Å². The summed E-state index contributed by atoms with van der Waals surface area (Å²) in [5, 5.41) is 12.8. The molecule has 0 spiro atoms. The minimum Gasteiger partial charge on any atom is -0.481 e. The molecular formula is C19H29NO3. The average molecular weight is 319 g/mol. The third kappa shape index (κ3) is 2.32. The monoisotopic (exact) mass is 319 g/mol. The molecule has 0 radical (unpaired) electrons. The third-order valence-corrected chi connectivity index (χ3v) is 7.77. The van der Waals surface area contributed by atoms with Gasteiger partial charge in [0, 0.05) is 12.5 Å². The molecule has 1 amide bonds. The Bertz CT molecular complexity index is 519. The van der Waals surface area contributed by atoms with E-state index in [9.17, 15) is 14.7 Å². The van der Waals surface area contributed by atoms with Gasteiger partial charge < -0.3 is 10.4 Å². The molecule has 4 rings (SSSR count). The van der Waals surface area contributed by atoms with Gasteiger partial charge in [0.05, 0.1) is 5.92 Å². The zero-order valence-corrected chi connectivity index (χ0v) is 14.2. The van der Waals surface area contributed by atoms with E-state index in [0.29, 0.717) is 53.9 Å². The first-order valence-corrected chi connectivity index (χ1v) is 9.49. The van der Waals surface area contributed by atoms with Crippen molar-refractivity contribution in [2.75, 3.05) is 0 Å². The molecule has 4 nitrogen and oxygen atoms in total. The van der Waals surface area contributed by atoms with E-state index < -0.39 is 5.97 Å². The predicted molar refractivity (Wildman–Crippen MR) is 86.5 cm³/mol. The Morgan fingerprint density at radius 3 is 2.48 bits per heavy atom. The van der Waals surface area contributed by atoms with Crippen LogP contribution in [0.25, 0.3) is 0 Å². The quantitative estimate of drug-likeness (QED) is 0.781. The number of amides is 1. The maximum Gasteiger partial charge on any atom is 0.306 e. The number of carbonyl (C=O) groups excluding carboxylic acids is 1. The highest BCUT2D eigenvalue weighted by Crippen LogP contribution is 2.59. The molecule has 9 atom stereocenters. The van der Waals surface area contributed by atoms with Gasteiger partial charge in [-0.2, -0.15) is 0 Å². The molecule has 2 N–H and O–H groups in total. The summed E-state index contributed by atoms with van der Waals surface area (Å²) in [4.78, 5) is 23.5. The summed E-state index contributed by atoms with van der Waals surface area (Å²) in [6.07, 6.45) is 6.09. The van der Waals surface area contributed by atoms with Crippen LogP contribution in [0.5, 0.6) is 0 Å². The second-order valence-corrected chi connectivity index (χ2v) is 8.81. The summed E-state index contributed by atoms with van der Waals surface area (Å²) in [5.74, 6) is 3.51. The molecule has 1 aliphatic heterocycles. The van der Waals surface area contributed by atoms with Gasteiger partial charge in [-0.15, -0.1) is 0 Å². The molecule has 23 heavy (non-hydrogen) atoms. The van der Waals surface area contributed by atoms with Crippen molar-refractivity contribution in [3.8, 4) is 0 Å². The van der Waals surface area contributed by atoms with Crippen LogP contribution in [0.15, 0.2) is 0 Å². The molecule has 4 aliphatic rings. The lowest BCUT2D eigenvalue weighted by Gasteiger charge is -2.55. The van der Waals surface area contributed by atoms with Gasteiger partial charge in [0.15, 0.2) is 0 Å². The number of nitrogens with one attached hydrogen (secondary N) is 1. The Morgan fingerprint density at radius 1 is 1.00 bits per heavy atom. The normalized spacial score (nSPS) is 52.1. The number of rotatable bonds is 1. The van der Waals surface area contributed by atoms with Gasteiger partial charge in [-0.3, -0.25) is 9.59 Å². The fourth-order valence-electron chi connectivity index (χ4n) is 7.15. The number of hydrogen-bond donors (Lipinski definition) is 2. The Kier molecular flexibility index (Phi) is 3.69. The first-order chi connectivity index (χ1) is 11.0. The Hall–Kier alpha value is -1.06. The minimum atomic E-state index is -0.574. The molecule has 0 aromatic heterocycles. The largest absolute Gasteiger partial charge is 0.481 e. The van der Waals surface area contributed by atoms with Crippen molar-refractivity contribution in [2.45, 2.75) is 58.4 Å². The highest BCUT2D eigenvalue weighted by molar-refractivity contribution is 5.77. The van der Waals surface area contributed by atoms with Gasteiger partial charge in [0.25, 0.3) is 0 Å². The van der Waals surface area contributed by atoms with Crippen LogP contribution < -0.4 is 5.32 Å². The summed E-state index contributed by atoms with van der Waals surface area (Å²) < 4.78 is 0. The van der Waals surface area contributed by atoms with Crippen LogP contribution in [0.2, 0.25) is 0 Å². The SMILES string of the molecule is C[C@H]1CC(=O)NC2CCC3C(C[C@H](C)C4C(C(=O)O)CCC34)C21. The van der Waals surface area contributed by atoms with E-state index in [1.807, 2.05) is 0 Å². The first-order valence-electron chi connectivity index (χ1n) is 9.49. The number of piperidine rings is 1. The maximum absolute atomic E-state index is 11.9. The predicted octanol–water partition coefficient (Wildman–Crippen LogP) is 2.92. The van der Waals surface area contributed by atoms with Crippen LogP contribution in [0.4, 0.5) is 0 Å². The third-order valence-electron chi connectivity index (χ3n) is 7.77. The number of fused-ring (bicyclic) bond motifs is 5. The Morgan fingerprint density at radius 2 is 1.74 bits per heavy atom. The fraction of sp³-hybridized carbons (Fsp3) is 0.895. The molecule has 1 heterocycles. The molecule has 0 aromatic rings. The lowest BCUT2D eigenvalue weighted by atomic mass is 9.52. The molecule has 3 aliphatic carbocycles. The van der Waals surface area contributed by atoms with Crippen LogP contribution in [-0.2, 0) is 9.59 Å². The summed E-state index contributed by atoms with van der Waals surface area (Å²) >= 11 is 0. The van der Waals surface area contributed by atoms with E-state index in [-0.39, 0.29) is 11.8 Å². The van der Waals surface area contributed by atoms with Crippen molar-refractivity contribution in [3.05, 3.63) is 0 Å². The molecule has 1 saturated heterocycles. The second kappa shape index (κ2) is 5.49. The van der Waals surface area contributed by atoms with E-state index in [1.165, 1.54) is 6.42 Å². The van der Waals surface area contributed by atoms with E-state index in [1.54, 1.807) is 0 Å². The highest BCUT2D eigenvalue weighted by atomic mass is 16.4. The zero-order chi connectivity index (χ0) is 16.3. The number of hydrogen-bond acceptors (Lipinski definition) is 2. The van der Waals surface area contributed by atoms with Crippen LogP contribution >= 0.6 is 0 Å². The van der Waals surface area contributed by atoms with Crippen LogP contribution in [0.3, 0.4) is 0 Å². The summed E-state index contributed by atoms with van der Waals surface area (Å²) in [6, 6.07) is 0.368. The number of aliphatic carboxylic acids is 1. The van der Waals surface area contributed by atoms with Crippen LogP contribution in [0.1, 0.15) is 52.4 Å². The van der Waals surface area contributed by atoms with Gasteiger partial charge in [-0.1, -0.05) is 13.8 Å². The van der Waals surface area contributed by atoms with Crippen molar-refractivity contribution in [2.24, 2.45) is 47.3 Å². The van der Waals surface area contributed by atoms with Crippen molar-refractivity contribution in [3.63, 3.8) is 0 Å². The molecule has 0 aromatic carbocycles. The Labute approximate surface area is 138 Å². The van der Waals surface area contributed by atoms with Crippen molar-refractivity contribution >= 4 is 11.9 Å². The maximum atomic E-state index is 11.9.